The molecule has 5 saturated heterocycles. The number of hydrogen-bond donors (Lipinski definition) is 9. The van der Waals surface area contributed by atoms with Crippen molar-refractivity contribution in [2.45, 2.75) is 220 Å². The van der Waals surface area contributed by atoms with Gasteiger partial charge in [-0.25, -0.2) is 73.4 Å². The predicted molar refractivity (Wildman–Crippen MR) is 571 cm³/mol. The molecule has 4 atom stereocenters. The molecular formula is C101H124B2Br2FN26O15S. The number of nitrogens with zero attached hydrogens (tertiary/aromatic N) is 22. The minimum absolute atomic E-state index is 0.0396. The Bertz CT molecular complexity index is 6240. The van der Waals surface area contributed by atoms with Crippen LogP contribution in [0.2, 0.25) is 0 Å². The Morgan fingerprint density at radius 3 is 1.20 bits per heavy atom. The molecule has 5 aliphatic rings. The first kappa shape index (κ1) is 119. The number of pyridine rings is 4. The van der Waals surface area contributed by atoms with E-state index in [0.717, 1.165) is 74.5 Å². The molecule has 0 unspecified atom stereocenters. The first-order valence-corrected chi connectivity index (χ1v) is 48.7. The van der Waals surface area contributed by atoms with E-state index in [1.54, 1.807) is 130 Å². The molecule has 781 valence electrons. The zero-order valence-electron chi connectivity index (χ0n) is 86.4. The van der Waals surface area contributed by atoms with Crippen LogP contribution in [0.4, 0.5) is 69.6 Å². The maximum Gasteiger partial charge on any atom is 0.495 e. The number of nitriles is 1. The Hall–Kier alpha value is -14.7. The fourth-order valence-corrected chi connectivity index (χ4v) is 14.9. The van der Waals surface area contributed by atoms with Crippen molar-refractivity contribution in [3.05, 3.63) is 214 Å². The number of aliphatic hydroxyl groups is 1. The normalized spacial score (nSPS) is 16.0. The van der Waals surface area contributed by atoms with Gasteiger partial charge in [-0.05, 0) is 242 Å². The summed E-state index contributed by atoms with van der Waals surface area (Å²) in [5.41, 5.74) is 3.65. The summed E-state index contributed by atoms with van der Waals surface area (Å²) in [6, 6.07) is 20.7. The number of thiol groups is 1. The predicted octanol–water partition coefficient (Wildman–Crippen LogP) is 20.3. The van der Waals surface area contributed by atoms with Gasteiger partial charge >= 0.3 is 56.2 Å². The van der Waals surface area contributed by atoms with Gasteiger partial charge in [0.1, 0.15) is 72.9 Å². The summed E-state index contributed by atoms with van der Waals surface area (Å²) < 4.78 is 59.2. The van der Waals surface area contributed by atoms with E-state index in [4.69, 9.17) is 81.2 Å². The Labute approximate surface area is 887 Å². The third kappa shape index (κ3) is 40.3. The molecule has 0 aliphatic carbocycles. The molecule has 148 heavy (non-hydrogen) atoms. The van der Waals surface area contributed by atoms with Gasteiger partial charge in [-0.2, -0.15) is 5.26 Å². The molecule has 1 radical (unpaired) electrons. The van der Waals surface area contributed by atoms with E-state index in [-0.39, 0.29) is 89.5 Å². The first-order chi connectivity index (χ1) is 70.6. The molecule has 15 rings (SSSR count). The minimum Gasteiger partial charge on any atom is -0.508 e. The Kier molecular flexibility index (Phi) is 46.5. The molecule has 5 fully saturated rings. The van der Waals surface area contributed by atoms with E-state index in [1.165, 1.54) is 55.1 Å². The van der Waals surface area contributed by atoms with Crippen molar-refractivity contribution in [3.63, 3.8) is 0 Å². The summed E-state index contributed by atoms with van der Waals surface area (Å²) in [5.74, 6) is 3.12. The van der Waals surface area contributed by atoms with Crippen molar-refractivity contribution in [3.8, 4) is 68.7 Å². The van der Waals surface area contributed by atoms with Crippen LogP contribution in [0, 0.1) is 37.6 Å². The number of halogens is 3. The van der Waals surface area contributed by atoms with Crippen LogP contribution in [-0.2, 0) is 28.3 Å². The van der Waals surface area contributed by atoms with E-state index in [9.17, 15) is 28.7 Å². The Balaban J connectivity index is 0.000000245. The largest absolute Gasteiger partial charge is 0.508 e. The summed E-state index contributed by atoms with van der Waals surface area (Å²) in [6.45, 7) is 63.4. The zero-order valence-corrected chi connectivity index (χ0v) is 89.5. The van der Waals surface area contributed by atoms with Gasteiger partial charge in [0.15, 0.2) is 11.6 Å². The number of phenols is 3. The second-order valence-electron chi connectivity index (χ2n) is 38.1. The number of rotatable bonds is 18. The van der Waals surface area contributed by atoms with Crippen molar-refractivity contribution in [1.82, 2.24) is 79.4 Å². The number of ether oxygens (including phenoxy) is 5. The van der Waals surface area contributed by atoms with E-state index < -0.39 is 36.7 Å². The molecule has 8 aromatic heterocycles. The number of alkyl halides is 1. The zero-order chi connectivity index (χ0) is 110. The number of anilines is 4. The molecule has 5 aliphatic heterocycles. The number of phenolic OH excluding ortho intramolecular Hbond substituents is 3. The average Bonchev–Trinajstić information content (AvgIpc) is 1.61. The van der Waals surface area contributed by atoms with Crippen LogP contribution >= 0.6 is 44.7 Å². The van der Waals surface area contributed by atoms with Gasteiger partial charge in [-0.1, -0.05) is 18.2 Å². The summed E-state index contributed by atoms with van der Waals surface area (Å²) in [6.07, 6.45) is 28.7. The van der Waals surface area contributed by atoms with Crippen LogP contribution < -0.4 is 31.5 Å². The molecule has 0 saturated carbocycles. The fourth-order valence-electron chi connectivity index (χ4n) is 14.3. The first-order valence-electron chi connectivity index (χ1n) is 47.4. The molecule has 8 N–H and O–H groups in total. The quantitative estimate of drug-likeness (QED) is 0.0127. The molecule has 4 amide bonds. The molecule has 41 nitrogen and oxygen atoms in total. The van der Waals surface area contributed by atoms with Crippen LogP contribution in [0.25, 0.3) is 53.2 Å². The van der Waals surface area contributed by atoms with E-state index in [2.05, 4.69) is 157 Å². The third-order valence-electron chi connectivity index (χ3n) is 21.6. The number of amides is 4. The van der Waals surface area contributed by atoms with E-state index in [1.807, 2.05) is 111 Å². The van der Waals surface area contributed by atoms with E-state index in [0.29, 0.717) is 129 Å². The summed E-state index contributed by atoms with van der Waals surface area (Å²) >= 11 is 9.89. The summed E-state index contributed by atoms with van der Waals surface area (Å²) in [7, 11) is 2.89. The number of aliphatic hydroxyl groups excluding tert-OH is 1. The smallest absolute Gasteiger partial charge is 0.495 e. The molecule has 0 bridgehead atoms. The topological polar surface area (TPSA) is 483 Å². The van der Waals surface area contributed by atoms with Gasteiger partial charge in [0, 0.05) is 131 Å². The molecule has 2 aromatic carbocycles. The van der Waals surface area contributed by atoms with Gasteiger partial charge in [0.25, 0.3) is 5.88 Å². The number of nitrogens with one attached hydrogen (secondary N) is 4. The second-order valence-corrected chi connectivity index (χ2v) is 39.9. The minimum atomic E-state index is -1.00. The number of aromatic nitrogens is 12. The number of benzene rings is 2. The fraction of sp³-hybridized carbons (Fsp3) is 0.436. The number of carbonyl (C=O) groups is 4. The van der Waals surface area contributed by atoms with E-state index >= 15 is 0 Å². The summed E-state index contributed by atoms with van der Waals surface area (Å²) in [4.78, 5) is 122. The monoisotopic (exact) mass is 2170 g/mol. The van der Waals surface area contributed by atoms with Crippen LogP contribution in [-0.4, -0.2) is 263 Å². The van der Waals surface area contributed by atoms with Crippen molar-refractivity contribution < 1.29 is 78.4 Å². The van der Waals surface area contributed by atoms with Crippen molar-refractivity contribution in [2.75, 3.05) is 87.4 Å². The molecule has 0 spiro atoms. The standard InChI is InChI=1S/C26H28N6O4.C20H23BrN6O2.C20H24N6O2.C14H21BrN4O2.C12H15BN2O2.C6H6O2.C2H3NO.CH3F.BHNS/c1-26(2,3)36-25(34)32-10-6-7-19(32)15-29-23-24(35-21-9-5-8-20(33)12-21)31-22(16-30-23)17-11-18(27-4)14-28-13-17;1-20(2,3)29-19(28)27-7-5-6-15(27)11-24-18-17(21)26-16(12-25-18)13-8-14(22-4)10-23-9-13;1-20(2,3)28-19(27)26-7-5-6-16(26)11-24-18-13-23-17(12-25-18)14-8-15(21-4)10-22-9-14;1-14(2,3)21-13(20)19-6-4-5-10(19)7-17-12-9-16-11(15)8-18-12;1-11(2)12(3,4)17-13(16-11)9-6-10(14-5)8-15-7-9;7-5-2-1-3-6(8)4-5;3-1-2-4;1-2;1-2-3/h5,8-9,11-14,16,19,33H,6-7,10,15H2,1-3H3,(H,29,30);8-10,12,15H,5-7,11H2,1-3H3,(H,24,25);8-10,12-13,16H,5-7,11H2,1-3H3,(H,24,25);8-10H,4-7H2,1-3H3,(H,17,18);6-8H,1-4H3;1-4,7-8H;4H,2H2;1H3;3H/t19-;15-;16-;10-;;;;;/m0000...../s1/i;;;;;;;1D;. The molecule has 47 heteroatoms. The average molecular weight is 2180 g/mol. The van der Waals surface area contributed by atoms with Crippen molar-refractivity contribution in [1.29, 1.82) is 5.26 Å². The number of carbonyl (C=O) groups excluding carboxylic acids is 4. The molecular weight excluding hydrogens is 2050 g/mol. The number of aromatic hydroxyl groups is 3. The SMILES string of the molecule is CC(C)(C)OC(=O)N1CCC[C@H]1CNc1cnc(Br)cn1.N#CCO.Oc1cccc(O)c1.[2H]CF.[B]=NS.[C-]#[N+]c1cncc(-c2cnc(NC[C@@H]3CCCN3C(=O)OC(C)(C)C)c(Br)n2)c1.[C-]#[N+]c1cncc(-c2cnc(NC[C@@H]3CCCN3C(=O)OC(C)(C)C)c(Oc3cccc(O)c3)n2)c1.[C-]#[N+]c1cncc(-c2cnc(NC[C@@H]3CCCN3C(=O)OC(C)(C)C)cn2)c1.[C-]#[N+]c1cncc(B2OC(C)(C)C(C)(C)O2)c1. The molecule has 10 aromatic rings. The van der Waals surface area contributed by atoms with Gasteiger partial charge < -0.3 is 94.3 Å². The number of likely N-dealkylation sites (tertiary alicyclic amines) is 4. The van der Waals surface area contributed by atoms with Crippen LogP contribution in [0.15, 0.2) is 173 Å². The van der Waals surface area contributed by atoms with Gasteiger partial charge in [0.05, 0.1) is 131 Å². The number of hydrogen-bond acceptors (Lipinski definition) is 34. The Morgan fingerprint density at radius 1 is 0.514 bits per heavy atom. The maximum atomic E-state index is 12.6. The maximum absolute atomic E-state index is 12.6. The second kappa shape index (κ2) is 58.0. The van der Waals surface area contributed by atoms with Crippen molar-refractivity contribution >= 4 is 135 Å². The van der Waals surface area contributed by atoms with Crippen LogP contribution in [0.3, 0.4) is 0 Å². The summed E-state index contributed by atoms with van der Waals surface area (Å²) in [5, 5.41) is 55.0. The van der Waals surface area contributed by atoms with Crippen LogP contribution in [0.5, 0.6) is 28.9 Å². The van der Waals surface area contributed by atoms with Crippen LogP contribution in [0.1, 0.15) is 164 Å². The third-order valence-corrected chi connectivity index (χ3v) is 22.6. The van der Waals surface area contributed by atoms with Crippen molar-refractivity contribution in [2.24, 2.45) is 4.30 Å². The Morgan fingerprint density at radius 2 is 0.851 bits per heavy atom. The van der Waals surface area contributed by atoms with Gasteiger partial charge in [-0.15, -0.1) is 0 Å². The molecule has 13 heterocycles. The van der Waals surface area contributed by atoms with Gasteiger partial charge in [-0.3, -0.25) is 29.3 Å². The van der Waals surface area contributed by atoms with Gasteiger partial charge in [0.2, 0.25) is 22.7 Å².